The van der Waals surface area contributed by atoms with E-state index in [4.69, 9.17) is 0 Å². The van der Waals surface area contributed by atoms with Gasteiger partial charge < -0.3 is 10.6 Å². The number of anilines is 2. The molecule has 0 saturated carbocycles. The molecule has 0 heterocycles. The van der Waals surface area contributed by atoms with Gasteiger partial charge in [0.1, 0.15) is 0 Å². The lowest BCUT2D eigenvalue weighted by atomic mass is 10.3. The summed E-state index contributed by atoms with van der Waals surface area (Å²) >= 11 is 8.27. The second kappa shape index (κ2) is 8.69. The van der Waals surface area contributed by atoms with Crippen molar-refractivity contribution in [2.45, 2.75) is 24.0 Å². The molecule has 0 aliphatic carbocycles. The van der Waals surface area contributed by atoms with E-state index < -0.39 is 0 Å². The Hall–Kier alpha value is -1.31. The highest BCUT2D eigenvalue weighted by Gasteiger charge is 2.15. The molecule has 24 heavy (non-hydrogen) atoms. The van der Waals surface area contributed by atoms with E-state index in [1.54, 1.807) is 0 Å². The van der Waals surface area contributed by atoms with E-state index in [-0.39, 0.29) is 17.1 Å². The largest absolute Gasteiger partial charge is 0.326 e. The van der Waals surface area contributed by atoms with Gasteiger partial charge >= 0.3 is 0 Å². The van der Waals surface area contributed by atoms with E-state index in [1.807, 2.05) is 49.4 Å². The monoisotopic (exact) mass is 470 g/mol. The van der Waals surface area contributed by atoms with Crippen molar-refractivity contribution in [2.24, 2.45) is 0 Å². The normalized spacial score (nSPS) is 11.7. The second-order valence-corrected chi connectivity index (χ2v) is 8.26. The molecular weight excluding hydrogens is 456 g/mol. The van der Waals surface area contributed by atoms with E-state index >= 15 is 0 Å². The fourth-order valence-corrected chi connectivity index (χ4v) is 3.92. The van der Waals surface area contributed by atoms with Crippen LogP contribution in [0.15, 0.2) is 56.3 Å². The third-order valence-corrected chi connectivity index (χ3v) is 5.31. The molecule has 0 spiro atoms. The fourth-order valence-electron chi connectivity index (χ4n) is 1.90. The zero-order valence-corrected chi connectivity index (χ0v) is 17.1. The van der Waals surface area contributed by atoms with Gasteiger partial charge in [-0.15, -0.1) is 11.8 Å². The average Bonchev–Trinajstić information content (AvgIpc) is 2.51. The lowest BCUT2D eigenvalue weighted by Gasteiger charge is -2.13. The van der Waals surface area contributed by atoms with E-state index in [1.165, 1.54) is 18.7 Å². The predicted molar refractivity (Wildman–Crippen MR) is 107 cm³/mol. The predicted octanol–water partition coefficient (Wildman–Crippen LogP) is 5.29. The van der Waals surface area contributed by atoms with Crippen LogP contribution in [0.3, 0.4) is 0 Å². The third kappa shape index (κ3) is 5.65. The zero-order valence-electron chi connectivity index (χ0n) is 13.1. The first-order chi connectivity index (χ1) is 11.3. The molecule has 2 amide bonds. The first kappa shape index (κ1) is 19.0. The van der Waals surface area contributed by atoms with Crippen molar-refractivity contribution in [3.05, 3.63) is 51.4 Å². The summed E-state index contributed by atoms with van der Waals surface area (Å²) in [5.74, 6) is -0.183. The quantitative estimate of drug-likeness (QED) is 0.582. The van der Waals surface area contributed by atoms with Crippen LogP contribution in [-0.4, -0.2) is 17.1 Å². The maximum Gasteiger partial charge on any atom is 0.237 e. The number of hydrogen-bond donors (Lipinski definition) is 2. The number of carbonyl (C=O) groups is 2. The van der Waals surface area contributed by atoms with Gasteiger partial charge in [-0.1, -0.05) is 15.9 Å². The molecule has 2 N–H and O–H groups in total. The molecular formula is C17H16Br2N2O2S. The number of rotatable bonds is 5. The SMILES string of the molecule is CC(=O)Nc1ccc(SC(C)C(=O)Nc2ccc(Br)cc2Br)cc1. The standard InChI is InChI=1S/C17H16Br2N2O2S/c1-10(17(23)21-16-8-3-12(18)9-15(16)19)24-14-6-4-13(5-7-14)20-11(2)22/h3-10H,1-2H3,(H,20,22)(H,21,23). The van der Waals surface area contributed by atoms with Crippen molar-refractivity contribution in [1.82, 2.24) is 0 Å². The Bertz CT molecular complexity index is 751. The van der Waals surface area contributed by atoms with E-state index in [9.17, 15) is 9.59 Å². The minimum atomic E-state index is -0.257. The summed E-state index contributed by atoms with van der Waals surface area (Å²) in [4.78, 5) is 24.3. The molecule has 0 aromatic heterocycles. The smallest absolute Gasteiger partial charge is 0.237 e. The molecule has 2 aromatic rings. The molecule has 4 nitrogen and oxygen atoms in total. The summed E-state index contributed by atoms with van der Waals surface area (Å²) in [7, 11) is 0. The topological polar surface area (TPSA) is 58.2 Å². The number of benzene rings is 2. The molecule has 0 saturated heterocycles. The molecule has 1 atom stereocenters. The number of hydrogen-bond acceptors (Lipinski definition) is 3. The Morgan fingerprint density at radius 3 is 2.29 bits per heavy atom. The van der Waals surface area contributed by atoms with Gasteiger partial charge in [0.05, 0.1) is 10.9 Å². The summed E-state index contributed by atoms with van der Waals surface area (Å²) < 4.78 is 1.76. The third-order valence-electron chi connectivity index (χ3n) is 3.05. The van der Waals surface area contributed by atoms with Gasteiger partial charge in [-0.2, -0.15) is 0 Å². The molecule has 0 aliphatic heterocycles. The van der Waals surface area contributed by atoms with Crippen molar-refractivity contribution >= 4 is 66.8 Å². The Balaban J connectivity index is 1.97. The molecule has 0 fully saturated rings. The van der Waals surface area contributed by atoms with E-state index in [0.717, 1.165) is 25.2 Å². The number of thioether (sulfide) groups is 1. The summed E-state index contributed by atoms with van der Waals surface area (Å²) in [6.07, 6.45) is 0. The molecule has 1 unspecified atom stereocenters. The molecule has 126 valence electrons. The highest BCUT2D eigenvalue weighted by atomic mass is 79.9. The van der Waals surface area contributed by atoms with Crippen molar-refractivity contribution in [1.29, 1.82) is 0 Å². The van der Waals surface area contributed by atoms with Crippen LogP contribution in [0, 0.1) is 0 Å². The molecule has 7 heteroatoms. The Labute approximate surface area is 162 Å². The molecule has 0 bridgehead atoms. The summed E-state index contributed by atoms with van der Waals surface area (Å²) in [6, 6.07) is 13.0. The van der Waals surface area contributed by atoms with Crippen molar-refractivity contribution in [3.63, 3.8) is 0 Å². The fraction of sp³-hybridized carbons (Fsp3) is 0.176. The van der Waals surface area contributed by atoms with E-state index in [2.05, 4.69) is 42.5 Å². The van der Waals surface area contributed by atoms with Crippen molar-refractivity contribution in [2.75, 3.05) is 10.6 Å². The van der Waals surface area contributed by atoms with Gasteiger partial charge in [0.25, 0.3) is 0 Å². The van der Waals surface area contributed by atoms with Crippen LogP contribution in [0.25, 0.3) is 0 Å². The van der Waals surface area contributed by atoms with Gasteiger partial charge in [-0.3, -0.25) is 9.59 Å². The Kier molecular flexibility index (Phi) is 6.89. The molecule has 2 aromatic carbocycles. The minimum Gasteiger partial charge on any atom is -0.326 e. The molecule has 2 rings (SSSR count). The molecule has 0 radical (unpaired) electrons. The highest BCUT2D eigenvalue weighted by molar-refractivity contribution is 9.11. The maximum atomic E-state index is 12.3. The van der Waals surface area contributed by atoms with Crippen molar-refractivity contribution in [3.8, 4) is 0 Å². The van der Waals surface area contributed by atoms with Crippen LogP contribution in [0.5, 0.6) is 0 Å². The van der Waals surface area contributed by atoms with Crippen LogP contribution in [-0.2, 0) is 9.59 Å². The van der Waals surface area contributed by atoms with Crippen LogP contribution in [0.4, 0.5) is 11.4 Å². The second-order valence-electron chi connectivity index (χ2n) is 5.08. The van der Waals surface area contributed by atoms with Crippen LogP contribution < -0.4 is 10.6 Å². The van der Waals surface area contributed by atoms with Gasteiger partial charge in [-0.25, -0.2) is 0 Å². The first-order valence-corrected chi connectivity index (χ1v) is 9.62. The summed E-state index contributed by atoms with van der Waals surface area (Å²) in [6.45, 7) is 3.32. The van der Waals surface area contributed by atoms with Crippen molar-refractivity contribution < 1.29 is 9.59 Å². The van der Waals surface area contributed by atoms with E-state index in [0.29, 0.717) is 0 Å². The average molecular weight is 472 g/mol. The van der Waals surface area contributed by atoms with Gasteiger partial charge in [0.15, 0.2) is 0 Å². The van der Waals surface area contributed by atoms with Crippen LogP contribution in [0.1, 0.15) is 13.8 Å². The lowest BCUT2D eigenvalue weighted by Crippen LogP contribution is -2.22. The maximum absolute atomic E-state index is 12.3. The number of carbonyl (C=O) groups excluding carboxylic acids is 2. The Morgan fingerprint density at radius 2 is 1.71 bits per heavy atom. The number of nitrogens with one attached hydrogen (secondary N) is 2. The van der Waals surface area contributed by atoms with Crippen LogP contribution >= 0.6 is 43.6 Å². The van der Waals surface area contributed by atoms with Gasteiger partial charge in [-0.05, 0) is 65.3 Å². The van der Waals surface area contributed by atoms with Crippen LogP contribution in [0.2, 0.25) is 0 Å². The first-order valence-electron chi connectivity index (χ1n) is 7.15. The van der Waals surface area contributed by atoms with Gasteiger partial charge in [0.2, 0.25) is 11.8 Å². The summed E-state index contributed by atoms with van der Waals surface area (Å²) in [5, 5.41) is 5.37. The minimum absolute atomic E-state index is 0.0750. The zero-order chi connectivity index (χ0) is 17.7. The number of amides is 2. The lowest BCUT2D eigenvalue weighted by molar-refractivity contribution is -0.115. The number of halogens is 2. The highest BCUT2D eigenvalue weighted by Crippen LogP contribution is 2.29. The van der Waals surface area contributed by atoms with Gasteiger partial charge in [0, 0.05) is 26.5 Å². The Morgan fingerprint density at radius 1 is 1.04 bits per heavy atom. The molecule has 0 aliphatic rings. The summed E-state index contributed by atoms with van der Waals surface area (Å²) in [5.41, 5.74) is 1.47.